The second kappa shape index (κ2) is 4.88. The van der Waals surface area contributed by atoms with Gasteiger partial charge >= 0.3 is 0 Å². The summed E-state index contributed by atoms with van der Waals surface area (Å²) >= 11 is 1.45. The number of aromatic nitrogens is 3. The van der Waals surface area contributed by atoms with Crippen LogP contribution in [0.25, 0.3) is 11.1 Å². The maximum Gasteiger partial charge on any atom is 0.259 e. The fourth-order valence-electron chi connectivity index (χ4n) is 2.46. The molecule has 3 heterocycles. The van der Waals surface area contributed by atoms with Gasteiger partial charge in [-0.05, 0) is 32.8 Å². The molecule has 7 heteroatoms. The van der Waals surface area contributed by atoms with E-state index in [0.29, 0.717) is 33.4 Å². The van der Waals surface area contributed by atoms with Crippen molar-refractivity contribution in [2.45, 2.75) is 32.6 Å². The summed E-state index contributed by atoms with van der Waals surface area (Å²) in [6.07, 6.45) is 3.96. The summed E-state index contributed by atoms with van der Waals surface area (Å²) in [5, 5.41) is 8.05. The van der Waals surface area contributed by atoms with Crippen molar-refractivity contribution < 1.29 is 9.32 Å². The van der Waals surface area contributed by atoms with Gasteiger partial charge in [-0.3, -0.25) is 10.1 Å². The van der Waals surface area contributed by atoms with Crippen LogP contribution in [0.3, 0.4) is 0 Å². The Morgan fingerprint density at radius 3 is 2.91 bits per heavy atom. The average molecular weight is 314 g/mol. The monoisotopic (exact) mass is 314 g/mol. The van der Waals surface area contributed by atoms with Gasteiger partial charge in [0.25, 0.3) is 11.6 Å². The standard InChI is InChI=1S/C15H14N4O2S/c1-7-6-16-15(22-7)18-13(20)10-5-11(9-3-4-9)17-14-12(10)8(2)19-21-14/h5-6,9H,3-4H2,1-2H3,(H,16,18,20). The smallest absolute Gasteiger partial charge is 0.259 e. The predicted molar refractivity (Wildman–Crippen MR) is 83.3 cm³/mol. The number of hydrogen-bond acceptors (Lipinski definition) is 6. The zero-order chi connectivity index (χ0) is 15.3. The van der Waals surface area contributed by atoms with Gasteiger partial charge in [0.1, 0.15) is 0 Å². The van der Waals surface area contributed by atoms with E-state index in [0.717, 1.165) is 23.4 Å². The lowest BCUT2D eigenvalue weighted by Gasteiger charge is -2.05. The van der Waals surface area contributed by atoms with Crippen molar-refractivity contribution in [2.75, 3.05) is 5.32 Å². The van der Waals surface area contributed by atoms with Crippen LogP contribution in [0.5, 0.6) is 0 Å². The van der Waals surface area contributed by atoms with E-state index in [1.165, 1.54) is 11.3 Å². The van der Waals surface area contributed by atoms with E-state index in [2.05, 4.69) is 20.4 Å². The van der Waals surface area contributed by atoms with Gasteiger partial charge < -0.3 is 4.52 Å². The van der Waals surface area contributed by atoms with Crippen LogP contribution in [0.2, 0.25) is 0 Å². The summed E-state index contributed by atoms with van der Waals surface area (Å²) in [6, 6.07) is 1.86. The third kappa shape index (κ3) is 2.27. The third-order valence-electron chi connectivity index (χ3n) is 3.72. The topological polar surface area (TPSA) is 80.9 Å². The van der Waals surface area contributed by atoms with Gasteiger partial charge in [-0.1, -0.05) is 5.16 Å². The summed E-state index contributed by atoms with van der Waals surface area (Å²) in [4.78, 5) is 22.4. The Morgan fingerprint density at radius 2 is 2.23 bits per heavy atom. The van der Waals surface area contributed by atoms with Gasteiger partial charge in [0, 0.05) is 22.7 Å². The molecule has 112 valence electrons. The number of pyridine rings is 1. The molecule has 1 saturated carbocycles. The maximum atomic E-state index is 12.6. The van der Waals surface area contributed by atoms with Crippen LogP contribution in [-0.4, -0.2) is 21.0 Å². The quantitative estimate of drug-likeness (QED) is 0.801. The lowest BCUT2D eigenvalue weighted by atomic mass is 10.1. The van der Waals surface area contributed by atoms with Crippen LogP contribution in [0.1, 0.15) is 45.4 Å². The minimum Gasteiger partial charge on any atom is -0.336 e. The molecule has 6 nitrogen and oxygen atoms in total. The lowest BCUT2D eigenvalue weighted by Crippen LogP contribution is -2.13. The molecule has 3 aromatic heterocycles. The number of fused-ring (bicyclic) bond motifs is 1. The third-order valence-corrected chi connectivity index (χ3v) is 4.55. The Bertz CT molecular complexity index is 879. The van der Waals surface area contributed by atoms with Crippen molar-refractivity contribution in [1.29, 1.82) is 0 Å². The number of anilines is 1. The van der Waals surface area contributed by atoms with Crippen molar-refractivity contribution in [3.05, 3.63) is 34.1 Å². The van der Waals surface area contributed by atoms with Gasteiger partial charge in [-0.25, -0.2) is 9.97 Å². The Balaban J connectivity index is 1.78. The largest absolute Gasteiger partial charge is 0.336 e. The van der Waals surface area contributed by atoms with Crippen LogP contribution in [0.15, 0.2) is 16.8 Å². The number of carbonyl (C=O) groups excluding carboxylic acids is 1. The Hall–Kier alpha value is -2.28. The van der Waals surface area contributed by atoms with Crippen molar-refractivity contribution in [3.8, 4) is 0 Å². The van der Waals surface area contributed by atoms with Crippen LogP contribution < -0.4 is 5.32 Å². The zero-order valence-electron chi connectivity index (χ0n) is 12.2. The Labute approximate surface area is 130 Å². The van der Waals surface area contributed by atoms with Crippen LogP contribution >= 0.6 is 11.3 Å². The molecule has 22 heavy (non-hydrogen) atoms. The zero-order valence-corrected chi connectivity index (χ0v) is 13.0. The van der Waals surface area contributed by atoms with Crippen LogP contribution in [0, 0.1) is 13.8 Å². The molecule has 0 unspecified atom stereocenters. The number of amides is 1. The van der Waals surface area contributed by atoms with E-state index in [-0.39, 0.29) is 5.91 Å². The van der Waals surface area contributed by atoms with Crippen LogP contribution in [0.4, 0.5) is 5.13 Å². The fourth-order valence-corrected chi connectivity index (χ4v) is 3.12. The molecular formula is C15H14N4O2S. The molecule has 0 saturated heterocycles. The summed E-state index contributed by atoms with van der Waals surface area (Å²) in [6.45, 7) is 3.77. The van der Waals surface area contributed by atoms with E-state index in [9.17, 15) is 4.79 Å². The molecule has 1 aliphatic rings. The first kappa shape index (κ1) is 13.4. The first-order valence-corrected chi connectivity index (χ1v) is 7.94. The number of nitrogens with one attached hydrogen (secondary N) is 1. The maximum absolute atomic E-state index is 12.6. The normalized spacial score (nSPS) is 14.5. The SMILES string of the molecule is Cc1cnc(NC(=O)c2cc(C3CC3)nc3onc(C)c23)s1. The molecule has 0 bridgehead atoms. The number of nitrogens with zero attached hydrogens (tertiary/aromatic N) is 3. The van der Waals surface area contributed by atoms with Crippen molar-refractivity contribution in [1.82, 2.24) is 15.1 Å². The average Bonchev–Trinajstić information content (AvgIpc) is 3.18. The second-order valence-electron chi connectivity index (χ2n) is 5.55. The highest BCUT2D eigenvalue weighted by Crippen LogP contribution is 2.40. The highest BCUT2D eigenvalue weighted by atomic mass is 32.1. The first-order chi connectivity index (χ1) is 10.6. The molecule has 0 radical (unpaired) electrons. The summed E-state index contributed by atoms with van der Waals surface area (Å²) < 4.78 is 5.26. The minimum absolute atomic E-state index is 0.199. The number of hydrogen-bond donors (Lipinski definition) is 1. The molecule has 0 spiro atoms. The van der Waals surface area contributed by atoms with Gasteiger partial charge in [0.15, 0.2) is 5.13 Å². The summed E-state index contributed by atoms with van der Waals surface area (Å²) in [7, 11) is 0. The van der Waals surface area contributed by atoms with E-state index in [1.54, 1.807) is 6.20 Å². The molecule has 0 aromatic carbocycles. The molecule has 0 aliphatic heterocycles. The first-order valence-electron chi connectivity index (χ1n) is 7.12. The number of aryl methyl sites for hydroxylation is 2. The van der Waals surface area contributed by atoms with Gasteiger partial charge in [-0.15, -0.1) is 11.3 Å². The lowest BCUT2D eigenvalue weighted by molar-refractivity contribution is 0.102. The second-order valence-corrected chi connectivity index (χ2v) is 6.78. The van der Waals surface area contributed by atoms with Gasteiger partial charge in [0.05, 0.1) is 16.6 Å². The molecule has 1 aliphatic carbocycles. The molecule has 4 rings (SSSR count). The van der Waals surface area contributed by atoms with Gasteiger partial charge in [0.2, 0.25) is 0 Å². The Kier molecular flexibility index (Phi) is 2.97. The van der Waals surface area contributed by atoms with E-state index < -0.39 is 0 Å². The fraction of sp³-hybridized carbons (Fsp3) is 0.333. The molecule has 0 atom stereocenters. The summed E-state index contributed by atoms with van der Waals surface area (Å²) in [5.41, 5.74) is 2.57. The minimum atomic E-state index is -0.199. The van der Waals surface area contributed by atoms with E-state index >= 15 is 0 Å². The highest BCUT2D eigenvalue weighted by Gasteiger charge is 2.28. The predicted octanol–water partition coefficient (Wildman–Crippen LogP) is 3.43. The highest BCUT2D eigenvalue weighted by molar-refractivity contribution is 7.15. The molecule has 1 N–H and O–H groups in total. The molecule has 3 aromatic rings. The van der Waals surface area contributed by atoms with Crippen molar-refractivity contribution >= 4 is 33.5 Å². The molecule has 1 amide bonds. The van der Waals surface area contributed by atoms with E-state index in [4.69, 9.17) is 4.52 Å². The van der Waals surface area contributed by atoms with Gasteiger partial charge in [-0.2, -0.15) is 0 Å². The molecule has 1 fully saturated rings. The summed E-state index contributed by atoms with van der Waals surface area (Å²) in [5.74, 6) is 0.235. The number of carbonyl (C=O) groups is 1. The number of thiazole rings is 1. The Morgan fingerprint density at radius 1 is 1.41 bits per heavy atom. The molecular weight excluding hydrogens is 300 g/mol. The van der Waals surface area contributed by atoms with Crippen LogP contribution in [-0.2, 0) is 0 Å². The van der Waals surface area contributed by atoms with E-state index in [1.807, 2.05) is 19.9 Å². The number of rotatable bonds is 3. The van der Waals surface area contributed by atoms with Crippen molar-refractivity contribution in [2.24, 2.45) is 0 Å². The van der Waals surface area contributed by atoms with Crippen molar-refractivity contribution in [3.63, 3.8) is 0 Å².